The summed E-state index contributed by atoms with van der Waals surface area (Å²) in [7, 11) is 1.82. The van der Waals surface area contributed by atoms with Gasteiger partial charge in [-0.15, -0.1) is 0 Å². The molecule has 5 nitrogen and oxygen atoms in total. The minimum Gasteiger partial charge on any atom is -0.376 e. The maximum absolute atomic E-state index is 9.40. The summed E-state index contributed by atoms with van der Waals surface area (Å²) in [6, 6.07) is 4.52. The van der Waals surface area contributed by atoms with E-state index < -0.39 is 0 Å². The van der Waals surface area contributed by atoms with Crippen LogP contribution in [0, 0.1) is 34.5 Å². The van der Waals surface area contributed by atoms with Crippen LogP contribution in [-0.4, -0.2) is 23.0 Å². The van der Waals surface area contributed by atoms with Crippen molar-refractivity contribution in [1.29, 1.82) is 10.5 Å². The summed E-state index contributed by atoms with van der Waals surface area (Å²) in [5.41, 5.74) is 2.99. The highest BCUT2D eigenvalue weighted by Gasteiger charge is 2.45. The Balaban J connectivity index is 2.22. The number of fused-ring (bicyclic) bond motifs is 3. The third-order valence-corrected chi connectivity index (χ3v) is 5.18. The molecule has 0 amide bonds. The Kier molecular flexibility index (Phi) is 3.54. The smallest absolute Gasteiger partial charge is 0.141 e. The van der Waals surface area contributed by atoms with Gasteiger partial charge in [-0.25, -0.2) is 0 Å². The summed E-state index contributed by atoms with van der Waals surface area (Å²) in [5, 5.41) is 23.4. The zero-order valence-corrected chi connectivity index (χ0v) is 13.3. The number of nitrogens with zero attached hydrogens (tertiary/aromatic N) is 4. The van der Waals surface area contributed by atoms with Crippen molar-refractivity contribution in [2.75, 3.05) is 13.2 Å². The van der Waals surface area contributed by atoms with Crippen molar-refractivity contribution in [3.63, 3.8) is 0 Å². The fraction of sp³-hybridized carbons (Fsp3) is 0.588. The van der Waals surface area contributed by atoms with Crippen molar-refractivity contribution in [3.05, 3.63) is 28.6 Å². The second-order valence-electron chi connectivity index (χ2n) is 6.61. The Labute approximate surface area is 130 Å². The minimum absolute atomic E-state index is 0.311. The Hall–Kier alpha value is -2.11. The van der Waals surface area contributed by atoms with E-state index in [1.165, 1.54) is 0 Å². The molecule has 114 valence electrons. The largest absolute Gasteiger partial charge is 0.376 e. The Bertz CT molecular complexity index is 718. The highest BCUT2D eigenvalue weighted by atomic mass is 16.5. The number of hydrogen-bond donors (Lipinski definition) is 0. The predicted molar refractivity (Wildman–Crippen MR) is 80.8 cm³/mol. The predicted octanol–water partition coefficient (Wildman–Crippen LogP) is 2.23. The first-order valence-corrected chi connectivity index (χ1v) is 7.67. The first kappa shape index (κ1) is 14.8. The van der Waals surface area contributed by atoms with E-state index in [-0.39, 0.29) is 5.41 Å². The molecule has 0 spiro atoms. The number of aromatic nitrogens is 2. The molecule has 3 atom stereocenters. The summed E-state index contributed by atoms with van der Waals surface area (Å²) in [6.07, 6.45) is 3.88. The molecule has 3 rings (SSSR count). The van der Waals surface area contributed by atoms with Crippen molar-refractivity contribution in [1.82, 2.24) is 9.78 Å². The van der Waals surface area contributed by atoms with Crippen LogP contribution in [0.3, 0.4) is 0 Å². The van der Waals surface area contributed by atoms with Crippen LogP contribution in [0.4, 0.5) is 0 Å². The van der Waals surface area contributed by atoms with Gasteiger partial charge in [-0.1, -0.05) is 19.9 Å². The lowest BCUT2D eigenvalue weighted by molar-refractivity contribution is 0.0689. The molecule has 22 heavy (non-hydrogen) atoms. The molecule has 5 heteroatoms. The molecule has 1 aliphatic heterocycles. The highest BCUT2D eigenvalue weighted by molar-refractivity contribution is 5.45. The first-order chi connectivity index (χ1) is 10.5. The average molecular weight is 296 g/mol. The van der Waals surface area contributed by atoms with Crippen molar-refractivity contribution >= 4 is 0 Å². The number of nitriles is 2. The quantitative estimate of drug-likeness (QED) is 0.735. The second kappa shape index (κ2) is 5.26. The van der Waals surface area contributed by atoms with Gasteiger partial charge in [0.2, 0.25) is 0 Å². The van der Waals surface area contributed by atoms with Gasteiger partial charge in [0.1, 0.15) is 11.8 Å². The lowest BCUT2D eigenvalue weighted by Gasteiger charge is -2.43. The van der Waals surface area contributed by atoms with E-state index in [9.17, 15) is 10.5 Å². The van der Waals surface area contributed by atoms with Crippen LogP contribution < -0.4 is 0 Å². The summed E-state index contributed by atoms with van der Waals surface area (Å²) in [6.45, 7) is 5.37. The van der Waals surface area contributed by atoms with Gasteiger partial charge in [0.05, 0.1) is 23.9 Å². The van der Waals surface area contributed by atoms with Crippen LogP contribution in [0.5, 0.6) is 0 Å². The Morgan fingerprint density at radius 2 is 2.18 bits per heavy atom. The van der Waals surface area contributed by atoms with Gasteiger partial charge >= 0.3 is 0 Å². The van der Waals surface area contributed by atoms with E-state index in [0.29, 0.717) is 36.3 Å². The fourth-order valence-corrected chi connectivity index (χ4v) is 4.14. The molecule has 0 saturated heterocycles. The van der Waals surface area contributed by atoms with Crippen LogP contribution in [0.25, 0.3) is 0 Å². The zero-order valence-electron chi connectivity index (χ0n) is 13.3. The number of hydrogen-bond acceptors (Lipinski definition) is 4. The molecule has 0 saturated carbocycles. The van der Waals surface area contributed by atoms with Gasteiger partial charge in [-0.2, -0.15) is 15.6 Å². The molecule has 1 aromatic heterocycles. The van der Waals surface area contributed by atoms with E-state index in [4.69, 9.17) is 4.74 Å². The van der Waals surface area contributed by atoms with E-state index >= 15 is 0 Å². The van der Waals surface area contributed by atoms with Crippen LogP contribution in [0.15, 0.2) is 11.6 Å². The van der Waals surface area contributed by atoms with Crippen molar-refractivity contribution in [2.24, 2.45) is 18.9 Å². The van der Waals surface area contributed by atoms with E-state index in [0.717, 1.165) is 24.1 Å². The number of ether oxygens (including phenoxy) is 1. The van der Waals surface area contributed by atoms with Crippen molar-refractivity contribution < 1.29 is 4.74 Å². The molecule has 0 N–H and O–H groups in total. The van der Waals surface area contributed by atoms with Gasteiger partial charge in [0.15, 0.2) is 0 Å². The second-order valence-corrected chi connectivity index (χ2v) is 6.61. The standard InChI is InChI=1S/C17H20N4O/c1-11-9-22-10-12(7-18)6-17(2)14(11)5-4-13-15(8-19)21(3)20-16(13)17/h6,11,14H,4-5,9-10H2,1-3H3/b12-6-/t11-,14+,17+/m1/s1. The third kappa shape index (κ3) is 2.05. The summed E-state index contributed by atoms with van der Waals surface area (Å²) < 4.78 is 7.33. The lowest BCUT2D eigenvalue weighted by atomic mass is 9.62. The maximum Gasteiger partial charge on any atom is 0.141 e. The van der Waals surface area contributed by atoms with Crippen LogP contribution in [0.1, 0.15) is 37.2 Å². The van der Waals surface area contributed by atoms with Crippen LogP contribution in [-0.2, 0) is 23.6 Å². The van der Waals surface area contributed by atoms with Gasteiger partial charge in [0.25, 0.3) is 0 Å². The minimum atomic E-state index is -0.311. The van der Waals surface area contributed by atoms with Gasteiger partial charge in [-0.3, -0.25) is 4.68 Å². The molecule has 0 unspecified atom stereocenters. The van der Waals surface area contributed by atoms with Crippen molar-refractivity contribution in [3.8, 4) is 12.1 Å². The molecule has 0 fully saturated rings. The molecule has 2 aliphatic rings. The van der Waals surface area contributed by atoms with E-state index in [1.807, 2.05) is 13.1 Å². The molecule has 0 aromatic carbocycles. The number of allylic oxidation sites excluding steroid dienone is 1. The zero-order chi connectivity index (χ0) is 15.9. The summed E-state index contributed by atoms with van der Waals surface area (Å²) >= 11 is 0. The Morgan fingerprint density at radius 3 is 2.86 bits per heavy atom. The monoisotopic (exact) mass is 296 g/mol. The number of rotatable bonds is 0. The van der Waals surface area contributed by atoms with E-state index in [1.54, 1.807) is 4.68 Å². The van der Waals surface area contributed by atoms with Crippen LogP contribution >= 0.6 is 0 Å². The fourth-order valence-electron chi connectivity index (χ4n) is 4.14. The lowest BCUT2D eigenvalue weighted by Crippen LogP contribution is -2.42. The Morgan fingerprint density at radius 1 is 1.41 bits per heavy atom. The third-order valence-electron chi connectivity index (χ3n) is 5.18. The van der Waals surface area contributed by atoms with E-state index in [2.05, 4.69) is 31.1 Å². The average Bonchev–Trinajstić information content (AvgIpc) is 2.81. The van der Waals surface area contributed by atoms with Crippen molar-refractivity contribution in [2.45, 2.75) is 32.1 Å². The molecule has 0 bridgehead atoms. The van der Waals surface area contributed by atoms with Gasteiger partial charge in [0, 0.05) is 24.6 Å². The molecular weight excluding hydrogens is 276 g/mol. The molecule has 2 heterocycles. The number of aryl methyl sites for hydroxylation is 1. The van der Waals surface area contributed by atoms with Gasteiger partial charge in [-0.05, 0) is 24.7 Å². The molecular formula is C17H20N4O. The molecule has 1 aliphatic carbocycles. The molecule has 0 radical (unpaired) electrons. The summed E-state index contributed by atoms with van der Waals surface area (Å²) in [5.74, 6) is 0.757. The topological polar surface area (TPSA) is 74.6 Å². The first-order valence-electron chi connectivity index (χ1n) is 7.67. The SMILES string of the molecule is C[C@@H]1COC/C(C#N)=C\[C@]2(C)c3nn(C)c(C#N)c3CC[C@@H]12. The summed E-state index contributed by atoms with van der Waals surface area (Å²) in [4.78, 5) is 0. The van der Waals surface area contributed by atoms with Crippen LogP contribution in [0.2, 0.25) is 0 Å². The maximum atomic E-state index is 9.40. The normalized spacial score (nSPS) is 33.2. The molecule has 1 aromatic rings. The highest BCUT2D eigenvalue weighted by Crippen LogP contribution is 2.47. The van der Waals surface area contributed by atoms with Gasteiger partial charge < -0.3 is 4.74 Å².